The van der Waals surface area contributed by atoms with Crippen molar-refractivity contribution in [2.45, 2.75) is 0 Å². The Labute approximate surface area is 126 Å². The number of halogens is 2. The van der Waals surface area contributed by atoms with Gasteiger partial charge in [0.1, 0.15) is 18.2 Å². The smallest absolute Gasteiger partial charge is 0.319 e. The van der Waals surface area contributed by atoms with E-state index in [4.69, 9.17) is 5.11 Å². The molecule has 0 radical (unpaired) electrons. The van der Waals surface area contributed by atoms with Gasteiger partial charge in [-0.2, -0.15) is 0 Å². The Bertz CT molecular complexity index is 665. The zero-order valence-electron chi connectivity index (χ0n) is 11.5. The second-order valence-electron chi connectivity index (χ2n) is 4.53. The van der Waals surface area contributed by atoms with Gasteiger partial charge in [-0.3, -0.25) is 4.79 Å². The summed E-state index contributed by atoms with van der Waals surface area (Å²) in [6.45, 7) is -0.202. The van der Waals surface area contributed by atoms with Gasteiger partial charge in [-0.05, 0) is 35.4 Å². The Balaban J connectivity index is 1.98. The number of nitrogens with one attached hydrogen (secondary N) is 2. The summed E-state index contributed by atoms with van der Waals surface area (Å²) in [5, 5.41) is 8.49. The quantitative estimate of drug-likeness (QED) is 0.567. The van der Waals surface area contributed by atoms with Crippen molar-refractivity contribution in [3.8, 4) is 0 Å². The molecule has 2 rings (SSSR count). The normalized spacial score (nSPS) is 10.8. The van der Waals surface area contributed by atoms with E-state index in [1.165, 1.54) is 12.1 Å². The summed E-state index contributed by atoms with van der Waals surface area (Å²) in [5.41, 5.74) is 7.26. The lowest BCUT2D eigenvalue weighted by Gasteiger charge is -2.06. The van der Waals surface area contributed by atoms with Crippen LogP contribution < -0.4 is 10.9 Å². The monoisotopic (exact) mass is 304 g/mol. The lowest BCUT2D eigenvalue weighted by Crippen LogP contribution is -2.27. The third kappa shape index (κ3) is 4.99. The maximum atomic E-state index is 13.1. The van der Waals surface area contributed by atoms with Crippen molar-refractivity contribution in [2.24, 2.45) is 0 Å². The Morgan fingerprint density at radius 3 is 2.18 bits per heavy atom. The fourth-order valence-corrected chi connectivity index (χ4v) is 1.76. The molecule has 0 fully saturated rings. The summed E-state index contributed by atoms with van der Waals surface area (Å²) >= 11 is 0. The zero-order valence-corrected chi connectivity index (χ0v) is 11.5. The Morgan fingerprint density at radius 2 is 1.59 bits per heavy atom. The van der Waals surface area contributed by atoms with Crippen molar-refractivity contribution >= 4 is 23.8 Å². The van der Waals surface area contributed by atoms with Crippen molar-refractivity contribution in [2.75, 3.05) is 12.0 Å². The molecule has 0 atom stereocenters. The van der Waals surface area contributed by atoms with E-state index in [1.807, 2.05) is 0 Å². The molecule has 2 aromatic carbocycles. The molecule has 0 saturated heterocycles. The summed E-state index contributed by atoms with van der Waals surface area (Å²) < 4.78 is 26.1. The zero-order chi connectivity index (χ0) is 15.9. The van der Waals surface area contributed by atoms with Gasteiger partial charge in [0.05, 0.1) is 0 Å². The van der Waals surface area contributed by atoms with Crippen LogP contribution in [0.5, 0.6) is 0 Å². The third-order valence-electron chi connectivity index (χ3n) is 2.74. The van der Waals surface area contributed by atoms with E-state index in [1.54, 1.807) is 36.4 Å². The number of anilines is 1. The first-order chi connectivity index (χ1) is 10.5. The number of benzene rings is 2. The Hall–Kier alpha value is -2.73. The lowest BCUT2D eigenvalue weighted by molar-refractivity contribution is -0.135. The average molecular weight is 304 g/mol. The standard InChI is InChI=1S/C16H14F2N2O2/c17-13-7-12(8-14(18)9-13)2-1-11-3-5-15(6-4-11)20-19-10-16(21)22/h1-9,19-20H,10H2,(H,21,22)/b2-1+. The molecule has 2 aromatic rings. The van der Waals surface area contributed by atoms with Crippen LogP contribution in [0.3, 0.4) is 0 Å². The fourth-order valence-electron chi connectivity index (χ4n) is 1.76. The number of carbonyl (C=O) groups is 1. The number of carboxylic acids is 1. The molecule has 0 aliphatic carbocycles. The van der Waals surface area contributed by atoms with Crippen molar-refractivity contribution in [1.29, 1.82) is 0 Å². The van der Waals surface area contributed by atoms with E-state index in [2.05, 4.69) is 10.9 Å². The number of hydrazine groups is 1. The van der Waals surface area contributed by atoms with Crippen LogP contribution in [0.4, 0.5) is 14.5 Å². The third-order valence-corrected chi connectivity index (χ3v) is 2.74. The van der Waals surface area contributed by atoms with Crippen LogP contribution >= 0.6 is 0 Å². The van der Waals surface area contributed by atoms with E-state index in [0.717, 1.165) is 11.6 Å². The van der Waals surface area contributed by atoms with Crippen LogP contribution in [0.2, 0.25) is 0 Å². The molecular formula is C16H14F2N2O2. The predicted octanol–water partition coefficient (Wildman–Crippen LogP) is 3.14. The maximum Gasteiger partial charge on any atom is 0.319 e. The summed E-state index contributed by atoms with van der Waals surface area (Å²) in [6, 6.07) is 10.4. The van der Waals surface area contributed by atoms with Gasteiger partial charge in [-0.15, -0.1) is 0 Å². The highest BCUT2D eigenvalue weighted by Gasteiger charge is 1.98. The molecule has 0 aromatic heterocycles. The first-order valence-corrected chi connectivity index (χ1v) is 6.48. The van der Waals surface area contributed by atoms with Crippen LogP contribution in [-0.2, 0) is 4.79 Å². The van der Waals surface area contributed by atoms with E-state index in [-0.39, 0.29) is 6.54 Å². The second-order valence-corrected chi connectivity index (χ2v) is 4.53. The van der Waals surface area contributed by atoms with Gasteiger partial charge in [0.25, 0.3) is 0 Å². The van der Waals surface area contributed by atoms with Crippen molar-refractivity contribution in [1.82, 2.24) is 5.43 Å². The molecule has 4 nitrogen and oxygen atoms in total. The summed E-state index contributed by atoms with van der Waals surface area (Å²) in [4.78, 5) is 10.3. The van der Waals surface area contributed by atoms with Crippen molar-refractivity contribution in [3.63, 3.8) is 0 Å². The van der Waals surface area contributed by atoms with Crippen molar-refractivity contribution < 1.29 is 18.7 Å². The van der Waals surface area contributed by atoms with Crippen LogP contribution in [-0.4, -0.2) is 17.6 Å². The van der Waals surface area contributed by atoms with Gasteiger partial charge < -0.3 is 10.5 Å². The van der Waals surface area contributed by atoms with Gasteiger partial charge in [-0.1, -0.05) is 24.3 Å². The molecule has 3 N–H and O–H groups in total. The number of rotatable bonds is 6. The lowest BCUT2D eigenvalue weighted by atomic mass is 10.1. The molecule has 0 heterocycles. The minimum Gasteiger partial charge on any atom is -0.480 e. The van der Waals surface area contributed by atoms with E-state index in [0.29, 0.717) is 11.3 Å². The molecule has 22 heavy (non-hydrogen) atoms. The van der Waals surface area contributed by atoms with E-state index in [9.17, 15) is 13.6 Å². The second kappa shape index (κ2) is 7.33. The molecule has 0 aliphatic heterocycles. The maximum absolute atomic E-state index is 13.1. The molecule has 0 saturated carbocycles. The SMILES string of the molecule is O=C(O)CNNc1ccc(/C=C/c2cc(F)cc(F)c2)cc1. The molecule has 0 bridgehead atoms. The largest absolute Gasteiger partial charge is 0.480 e. The fraction of sp³-hybridized carbons (Fsp3) is 0.0625. The Kier molecular flexibility index (Phi) is 5.21. The van der Waals surface area contributed by atoms with Gasteiger partial charge >= 0.3 is 5.97 Å². The number of carboxylic acid groups (broad SMARTS) is 1. The molecule has 0 spiro atoms. The van der Waals surface area contributed by atoms with Gasteiger partial charge in [0.15, 0.2) is 0 Å². The van der Waals surface area contributed by atoms with Gasteiger partial charge in [0.2, 0.25) is 0 Å². The number of hydrogen-bond donors (Lipinski definition) is 3. The Morgan fingerprint density at radius 1 is 1.00 bits per heavy atom. The first kappa shape index (κ1) is 15.7. The summed E-state index contributed by atoms with van der Waals surface area (Å²) in [5.74, 6) is -2.21. The first-order valence-electron chi connectivity index (χ1n) is 6.48. The molecule has 0 unspecified atom stereocenters. The van der Waals surface area contributed by atoms with Gasteiger partial charge in [-0.25, -0.2) is 14.2 Å². The molecule has 114 valence electrons. The van der Waals surface area contributed by atoms with Crippen LogP contribution in [0.1, 0.15) is 11.1 Å². The van der Waals surface area contributed by atoms with Gasteiger partial charge in [0, 0.05) is 11.8 Å². The number of aliphatic carboxylic acids is 1. The molecule has 6 heteroatoms. The predicted molar refractivity (Wildman–Crippen MR) is 81.0 cm³/mol. The molecule has 0 amide bonds. The van der Waals surface area contributed by atoms with Crippen molar-refractivity contribution in [3.05, 3.63) is 65.2 Å². The number of hydrogen-bond acceptors (Lipinski definition) is 3. The van der Waals surface area contributed by atoms with Crippen LogP contribution in [0, 0.1) is 11.6 Å². The highest BCUT2D eigenvalue weighted by atomic mass is 19.1. The van der Waals surface area contributed by atoms with Crippen LogP contribution in [0.15, 0.2) is 42.5 Å². The highest BCUT2D eigenvalue weighted by Crippen LogP contribution is 2.14. The minimum atomic E-state index is -0.964. The van der Waals surface area contributed by atoms with Crippen LogP contribution in [0.25, 0.3) is 12.2 Å². The molecular weight excluding hydrogens is 290 g/mol. The summed E-state index contributed by atoms with van der Waals surface area (Å²) in [6.07, 6.45) is 3.33. The summed E-state index contributed by atoms with van der Waals surface area (Å²) in [7, 11) is 0. The topological polar surface area (TPSA) is 61.4 Å². The molecule has 0 aliphatic rings. The van der Waals surface area contributed by atoms with E-state index < -0.39 is 17.6 Å². The van der Waals surface area contributed by atoms with E-state index >= 15 is 0 Å². The average Bonchev–Trinajstić information content (AvgIpc) is 2.45. The minimum absolute atomic E-state index is 0.202. The highest BCUT2D eigenvalue weighted by molar-refractivity contribution is 5.71.